The Kier molecular flexibility index (Phi) is 3.70. The molecule has 0 bridgehead atoms. The van der Waals surface area contributed by atoms with E-state index in [2.05, 4.69) is 78.0 Å². The van der Waals surface area contributed by atoms with Gasteiger partial charge in [-0.15, -0.1) is 0 Å². The van der Waals surface area contributed by atoms with E-state index in [4.69, 9.17) is 0 Å². The third kappa shape index (κ3) is 2.79. The Morgan fingerprint density at radius 3 is 2.74 bits per heavy atom. The normalized spacial score (nSPS) is 17.6. The Morgan fingerprint density at radius 2 is 1.91 bits per heavy atom. The Morgan fingerprint density at radius 1 is 1.09 bits per heavy atom. The van der Waals surface area contributed by atoms with E-state index < -0.39 is 0 Å². The van der Waals surface area contributed by atoms with Crippen LogP contribution in [0.2, 0.25) is 0 Å². The SMILES string of the molecule is Cc1ccc2c(c1)cc1n2C[C@H](N(C)Cc2ccccc2)CC1. The summed E-state index contributed by atoms with van der Waals surface area (Å²) < 4.78 is 2.53. The molecule has 2 heterocycles. The number of likely N-dealkylation sites (N-methyl/N-ethyl adjacent to an activating group) is 1. The van der Waals surface area contributed by atoms with Crippen LogP contribution in [0.5, 0.6) is 0 Å². The minimum atomic E-state index is 0.611. The lowest BCUT2D eigenvalue weighted by molar-refractivity contribution is 0.188. The average molecular weight is 304 g/mol. The van der Waals surface area contributed by atoms with E-state index >= 15 is 0 Å². The largest absolute Gasteiger partial charge is 0.343 e. The third-order valence-corrected chi connectivity index (χ3v) is 5.17. The molecule has 23 heavy (non-hydrogen) atoms. The lowest BCUT2D eigenvalue weighted by Gasteiger charge is -2.33. The molecule has 0 amide bonds. The highest BCUT2D eigenvalue weighted by Crippen LogP contribution is 2.28. The van der Waals surface area contributed by atoms with Gasteiger partial charge in [0.15, 0.2) is 0 Å². The highest BCUT2D eigenvalue weighted by atomic mass is 15.2. The van der Waals surface area contributed by atoms with Crippen LogP contribution in [0.4, 0.5) is 0 Å². The maximum Gasteiger partial charge on any atom is 0.0483 e. The van der Waals surface area contributed by atoms with Crippen molar-refractivity contribution in [3.63, 3.8) is 0 Å². The standard InChI is InChI=1S/C21H24N2/c1-16-8-11-21-18(12-16)13-19-9-10-20(15-23(19)21)22(2)14-17-6-4-3-5-7-17/h3-8,11-13,20H,9-10,14-15H2,1-2H3/t20-/m1/s1. The first-order valence-electron chi connectivity index (χ1n) is 8.53. The number of benzene rings is 2. The summed E-state index contributed by atoms with van der Waals surface area (Å²) in [7, 11) is 2.26. The number of hydrogen-bond donors (Lipinski definition) is 0. The van der Waals surface area contributed by atoms with Crippen LogP contribution in [0.1, 0.15) is 23.2 Å². The number of hydrogen-bond acceptors (Lipinski definition) is 1. The van der Waals surface area contributed by atoms with Gasteiger partial charge in [-0.25, -0.2) is 0 Å². The van der Waals surface area contributed by atoms with Gasteiger partial charge >= 0.3 is 0 Å². The number of aromatic nitrogens is 1. The Balaban J connectivity index is 1.57. The van der Waals surface area contributed by atoms with Gasteiger partial charge in [0.2, 0.25) is 0 Å². The van der Waals surface area contributed by atoms with Crippen LogP contribution in [0.15, 0.2) is 54.6 Å². The smallest absolute Gasteiger partial charge is 0.0483 e. The molecular weight excluding hydrogens is 280 g/mol. The molecule has 3 aromatic rings. The van der Waals surface area contributed by atoms with Gasteiger partial charge in [-0.1, -0.05) is 42.0 Å². The minimum Gasteiger partial charge on any atom is -0.343 e. The van der Waals surface area contributed by atoms with Gasteiger partial charge in [0, 0.05) is 35.7 Å². The zero-order chi connectivity index (χ0) is 15.8. The summed E-state index contributed by atoms with van der Waals surface area (Å²) in [5.74, 6) is 0. The zero-order valence-electron chi connectivity index (χ0n) is 14.0. The fraction of sp³-hybridized carbons (Fsp3) is 0.333. The van der Waals surface area contributed by atoms with E-state index in [0.717, 1.165) is 13.1 Å². The molecule has 1 aliphatic heterocycles. The first-order chi connectivity index (χ1) is 11.2. The third-order valence-electron chi connectivity index (χ3n) is 5.17. The van der Waals surface area contributed by atoms with Gasteiger partial charge in [-0.2, -0.15) is 0 Å². The Labute approximate surface area is 138 Å². The molecule has 0 saturated carbocycles. The Bertz CT molecular complexity index is 816. The number of nitrogens with zero attached hydrogens (tertiary/aromatic N) is 2. The first-order valence-corrected chi connectivity index (χ1v) is 8.53. The van der Waals surface area contributed by atoms with Crippen molar-refractivity contribution in [2.45, 2.75) is 38.9 Å². The molecule has 1 aromatic heterocycles. The van der Waals surface area contributed by atoms with E-state index in [1.807, 2.05) is 0 Å². The van der Waals surface area contributed by atoms with Gasteiger partial charge in [0.25, 0.3) is 0 Å². The predicted molar refractivity (Wildman–Crippen MR) is 96.7 cm³/mol. The second kappa shape index (κ2) is 5.86. The van der Waals surface area contributed by atoms with Crippen LogP contribution in [-0.2, 0) is 19.5 Å². The molecule has 118 valence electrons. The van der Waals surface area contributed by atoms with Gasteiger partial charge in [-0.05, 0) is 50.6 Å². The molecule has 2 heteroatoms. The van der Waals surface area contributed by atoms with Gasteiger partial charge in [0.05, 0.1) is 0 Å². The van der Waals surface area contributed by atoms with Crippen LogP contribution < -0.4 is 0 Å². The molecular formula is C21H24N2. The van der Waals surface area contributed by atoms with E-state index in [-0.39, 0.29) is 0 Å². The molecule has 1 aliphatic rings. The second-order valence-electron chi connectivity index (χ2n) is 6.90. The first kappa shape index (κ1) is 14.5. The second-order valence-corrected chi connectivity index (χ2v) is 6.90. The molecule has 2 aromatic carbocycles. The summed E-state index contributed by atoms with van der Waals surface area (Å²) in [4.78, 5) is 2.51. The molecule has 0 spiro atoms. The Hall–Kier alpha value is -2.06. The summed E-state index contributed by atoms with van der Waals surface area (Å²) in [6.07, 6.45) is 2.43. The van der Waals surface area contributed by atoms with Crippen molar-refractivity contribution in [2.24, 2.45) is 0 Å². The summed E-state index contributed by atoms with van der Waals surface area (Å²) in [6.45, 7) is 4.30. The van der Waals surface area contributed by atoms with Gasteiger partial charge < -0.3 is 4.57 Å². The lowest BCUT2D eigenvalue weighted by atomic mass is 10.0. The highest BCUT2D eigenvalue weighted by Gasteiger charge is 2.23. The van der Waals surface area contributed by atoms with E-state index in [9.17, 15) is 0 Å². The maximum absolute atomic E-state index is 2.53. The van der Waals surface area contributed by atoms with Crippen LogP contribution in [0.25, 0.3) is 10.9 Å². The highest BCUT2D eigenvalue weighted by molar-refractivity contribution is 5.82. The molecule has 0 N–H and O–H groups in total. The summed E-state index contributed by atoms with van der Waals surface area (Å²) >= 11 is 0. The number of rotatable bonds is 3. The predicted octanol–water partition coefficient (Wildman–Crippen LogP) is 4.40. The van der Waals surface area contributed by atoms with Crippen molar-refractivity contribution < 1.29 is 0 Å². The van der Waals surface area contributed by atoms with Gasteiger partial charge in [-0.3, -0.25) is 4.90 Å². The molecule has 0 radical (unpaired) electrons. The molecule has 0 aliphatic carbocycles. The summed E-state index contributed by atoms with van der Waals surface area (Å²) in [5, 5.41) is 1.39. The average Bonchev–Trinajstić information content (AvgIpc) is 2.92. The van der Waals surface area contributed by atoms with E-state index in [0.29, 0.717) is 6.04 Å². The summed E-state index contributed by atoms with van der Waals surface area (Å²) in [5.41, 5.74) is 5.63. The van der Waals surface area contributed by atoms with Crippen molar-refractivity contribution in [3.05, 3.63) is 71.4 Å². The van der Waals surface area contributed by atoms with Crippen LogP contribution in [0, 0.1) is 6.92 Å². The van der Waals surface area contributed by atoms with Crippen molar-refractivity contribution in [1.29, 1.82) is 0 Å². The molecule has 1 atom stereocenters. The zero-order valence-corrected chi connectivity index (χ0v) is 14.0. The van der Waals surface area contributed by atoms with E-state index in [1.54, 1.807) is 0 Å². The summed E-state index contributed by atoms with van der Waals surface area (Å²) in [6, 6.07) is 20.6. The monoisotopic (exact) mass is 304 g/mol. The number of fused-ring (bicyclic) bond motifs is 3. The fourth-order valence-electron chi connectivity index (χ4n) is 3.85. The maximum atomic E-state index is 2.53. The topological polar surface area (TPSA) is 8.17 Å². The van der Waals surface area contributed by atoms with E-state index in [1.165, 1.54) is 40.6 Å². The lowest BCUT2D eigenvalue weighted by Crippen LogP contribution is -2.38. The quantitative estimate of drug-likeness (QED) is 0.696. The fourth-order valence-corrected chi connectivity index (χ4v) is 3.85. The minimum absolute atomic E-state index is 0.611. The van der Waals surface area contributed by atoms with Crippen LogP contribution >= 0.6 is 0 Å². The van der Waals surface area contributed by atoms with Crippen LogP contribution in [0.3, 0.4) is 0 Å². The molecule has 0 fully saturated rings. The molecule has 4 rings (SSSR count). The van der Waals surface area contributed by atoms with Crippen molar-refractivity contribution in [2.75, 3.05) is 7.05 Å². The van der Waals surface area contributed by atoms with Crippen molar-refractivity contribution in [3.8, 4) is 0 Å². The van der Waals surface area contributed by atoms with Crippen molar-refractivity contribution in [1.82, 2.24) is 9.47 Å². The van der Waals surface area contributed by atoms with Crippen molar-refractivity contribution >= 4 is 10.9 Å². The molecule has 0 saturated heterocycles. The van der Waals surface area contributed by atoms with Crippen LogP contribution in [-0.4, -0.2) is 22.6 Å². The molecule has 2 nitrogen and oxygen atoms in total. The molecule has 0 unspecified atom stereocenters. The van der Waals surface area contributed by atoms with Gasteiger partial charge in [0.1, 0.15) is 0 Å². The number of aryl methyl sites for hydroxylation is 2.